The summed E-state index contributed by atoms with van der Waals surface area (Å²) in [5.74, 6) is 0.221. The van der Waals surface area contributed by atoms with E-state index >= 15 is 0 Å². The van der Waals surface area contributed by atoms with Crippen LogP contribution in [0.4, 0.5) is 10.2 Å². The summed E-state index contributed by atoms with van der Waals surface area (Å²) in [5, 5.41) is 9.16. The van der Waals surface area contributed by atoms with Gasteiger partial charge < -0.3 is 9.80 Å². The molecule has 0 aliphatic carbocycles. The second-order valence-electron chi connectivity index (χ2n) is 5.62. The Morgan fingerprint density at radius 2 is 1.92 bits per heavy atom. The van der Waals surface area contributed by atoms with Gasteiger partial charge in [0.05, 0.1) is 12.0 Å². The normalized spacial score (nSPS) is 14.3. The number of carbonyl (C=O) groups is 1. The second-order valence-corrected chi connectivity index (χ2v) is 5.62. The zero-order valence-corrected chi connectivity index (χ0v) is 13.2. The number of hydrogen-bond donors (Lipinski definition) is 0. The van der Waals surface area contributed by atoms with E-state index in [0.717, 1.165) is 0 Å². The Hall–Kier alpha value is -2.94. The van der Waals surface area contributed by atoms with Gasteiger partial charge in [-0.15, -0.1) is 0 Å². The number of benzene rings is 1. The third kappa shape index (κ3) is 3.35. The van der Waals surface area contributed by atoms with Crippen LogP contribution in [0.2, 0.25) is 0 Å². The van der Waals surface area contributed by atoms with Crippen LogP contribution in [0.5, 0.6) is 0 Å². The van der Waals surface area contributed by atoms with Crippen molar-refractivity contribution in [3.8, 4) is 6.07 Å². The van der Waals surface area contributed by atoms with Crippen molar-refractivity contribution in [3.05, 3.63) is 59.5 Å². The Kier molecular flexibility index (Phi) is 4.71. The Bertz CT molecular complexity index is 779. The number of hydrogen-bond acceptors (Lipinski definition) is 4. The molecule has 1 fully saturated rings. The van der Waals surface area contributed by atoms with Crippen molar-refractivity contribution in [1.82, 2.24) is 9.88 Å². The third-order valence-electron chi connectivity index (χ3n) is 4.14. The fourth-order valence-corrected chi connectivity index (χ4v) is 2.82. The Morgan fingerprint density at radius 1 is 1.17 bits per heavy atom. The summed E-state index contributed by atoms with van der Waals surface area (Å²) in [6.45, 7) is 2.28. The van der Waals surface area contributed by atoms with Crippen LogP contribution in [-0.2, 0) is 11.2 Å². The Labute approximate surface area is 139 Å². The zero-order valence-electron chi connectivity index (χ0n) is 13.2. The van der Waals surface area contributed by atoms with Gasteiger partial charge in [0.2, 0.25) is 5.91 Å². The van der Waals surface area contributed by atoms with Crippen molar-refractivity contribution in [3.63, 3.8) is 0 Å². The van der Waals surface area contributed by atoms with E-state index in [1.165, 1.54) is 6.07 Å². The molecule has 0 unspecified atom stereocenters. The SMILES string of the molecule is N#Cc1cccnc1N1CCN(C(=O)Cc2ccccc2F)CC1. The first kappa shape index (κ1) is 15.9. The number of nitrogens with zero attached hydrogens (tertiary/aromatic N) is 4. The maximum absolute atomic E-state index is 13.7. The molecule has 1 aromatic carbocycles. The zero-order chi connectivity index (χ0) is 16.9. The topological polar surface area (TPSA) is 60.2 Å². The number of pyridine rings is 1. The molecule has 0 N–H and O–H groups in total. The van der Waals surface area contributed by atoms with Crippen LogP contribution < -0.4 is 4.90 Å². The lowest BCUT2D eigenvalue weighted by Gasteiger charge is -2.35. The lowest BCUT2D eigenvalue weighted by atomic mass is 10.1. The number of aromatic nitrogens is 1. The van der Waals surface area contributed by atoms with Gasteiger partial charge in [0.25, 0.3) is 0 Å². The summed E-state index contributed by atoms with van der Waals surface area (Å²) >= 11 is 0. The highest BCUT2D eigenvalue weighted by Crippen LogP contribution is 2.18. The molecule has 24 heavy (non-hydrogen) atoms. The van der Waals surface area contributed by atoms with E-state index in [4.69, 9.17) is 5.26 Å². The largest absolute Gasteiger partial charge is 0.352 e. The van der Waals surface area contributed by atoms with Crippen molar-refractivity contribution < 1.29 is 9.18 Å². The summed E-state index contributed by atoms with van der Waals surface area (Å²) < 4.78 is 13.7. The molecule has 1 aliphatic heterocycles. The van der Waals surface area contributed by atoms with Crippen LogP contribution in [0.25, 0.3) is 0 Å². The van der Waals surface area contributed by atoms with E-state index in [1.54, 1.807) is 41.4 Å². The summed E-state index contributed by atoms with van der Waals surface area (Å²) in [7, 11) is 0. The summed E-state index contributed by atoms with van der Waals surface area (Å²) in [5.41, 5.74) is 0.949. The molecule has 0 bridgehead atoms. The van der Waals surface area contributed by atoms with Gasteiger partial charge in [-0.05, 0) is 23.8 Å². The molecule has 1 aliphatic rings. The van der Waals surface area contributed by atoms with Crippen LogP contribution in [0.3, 0.4) is 0 Å². The number of amides is 1. The van der Waals surface area contributed by atoms with E-state index in [2.05, 4.69) is 11.1 Å². The van der Waals surface area contributed by atoms with Crippen molar-refractivity contribution in [1.29, 1.82) is 5.26 Å². The average Bonchev–Trinajstić information content (AvgIpc) is 2.63. The molecule has 122 valence electrons. The van der Waals surface area contributed by atoms with Gasteiger partial charge in [-0.2, -0.15) is 5.26 Å². The predicted molar refractivity (Wildman–Crippen MR) is 87.8 cm³/mol. The van der Waals surface area contributed by atoms with Crippen LogP contribution in [0.1, 0.15) is 11.1 Å². The van der Waals surface area contributed by atoms with Gasteiger partial charge >= 0.3 is 0 Å². The van der Waals surface area contributed by atoms with Gasteiger partial charge in [-0.3, -0.25) is 4.79 Å². The smallest absolute Gasteiger partial charge is 0.227 e. The highest BCUT2D eigenvalue weighted by Gasteiger charge is 2.23. The number of carbonyl (C=O) groups excluding carboxylic acids is 1. The average molecular weight is 324 g/mol. The molecule has 1 saturated heterocycles. The Balaban J connectivity index is 1.62. The van der Waals surface area contributed by atoms with Gasteiger partial charge in [0, 0.05) is 32.4 Å². The monoisotopic (exact) mass is 324 g/mol. The highest BCUT2D eigenvalue weighted by molar-refractivity contribution is 5.79. The minimum Gasteiger partial charge on any atom is -0.352 e. The fraction of sp³-hybridized carbons (Fsp3) is 0.278. The molecule has 0 radical (unpaired) electrons. The number of anilines is 1. The third-order valence-corrected chi connectivity index (χ3v) is 4.14. The van der Waals surface area contributed by atoms with E-state index in [0.29, 0.717) is 43.1 Å². The minimum atomic E-state index is -0.350. The summed E-state index contributed by atoms with van der Waals surface area (Å²) in [6, 6.07) is 12.0. The molecule has 5 nitrogen and oxygen atoms in total. The molecule has 0 spiro atoms. The van der Waals surface area contributed by atoms with Crippen molar-refractivity contribution in [2.75, 3.05) is 31.1 Å². The fourth-order valence-electron chi connectivity index (χ4n) is 2.82. The Morgan fingerprint density at radius 3 is 2.62 bits per heavy atom. The number of piperazine rings is 1. The molecular weight excluding hydrogens is 307 g/mol. The van der Waals surface area contributed by atoms with Crippen molar-refractivity contribution in [2.24, 2.45) is 0 Å². The highest BCUT2D eigenvalue weighted by atomic mass is 19.1. The maximum atomic E-state index is 13.7. The lowest BCUT2D eigenvalue weighted by molar-refractivity contribution is -0.130. The molecule has 2 aromatic rings. The van der Waals surface area contributed by atoms with E-state index in [1.807, 2.05) is 4.90 Å². The molecule has 0 saturated carbocycles. The number of halogens is 1. The van der Waals surface area contributed by atoms with Crippen LogP contribution in [0, 0.1) is 17.1 Å². The van der Waals surface area contributed by atoms with E-state index in [9.17, 15) is 9.18 Å². The van der Waals surface area contributed by atoms with Gasteiger partial charge in [0.1, 0.15) is 17.7 Å². The second kappa shape index (κ2) is 7.09. The quantitative estimate of drug-likeness (QED) is 0.866. The van der Waals surface area contributed by atoms with Gasteiger partial charge in [0.15, 0.2) is 0 Å². The lowest BCUT2D eigenvalue weighted by Crippen LogP contribution is -2.49. The first-order chi connectivity index (χ1) is 11.7. The maximum Gasteiger partial charge on any atom is 0.227 e. The first-order valence-corrected chi connectivity index (χ1v) is 7.80. The summed E-state index contributed by atoms with van der Waals surface area (Å²) in [6.07, 6.45) is 1.73. The summed E-state index contributed by atoms with van der Waals surface area (Å²) in [4.78, 5) is 20.4. The number of nitriles is 1. The van der Waals surface area contributed by atoms with E-state index in [-0.39, 0.29) is 18.1 Å². The van der Waals surface area contributed by atoms with E-state index < -0.39 is 0 Å². The van der Waals surface area contributed by atoms with Crippen LogP contribution >= 0.6 is 0 Å². The van der Waals surface area contributed by atoms with Gasteiger partial charge in [-0.1, -0.05) is 18.2 Å². The molecule has 6 heteroatoms. The molecule has 3 rings (SSSR count). The minimum absolute atomic E-state index is 0.0692. The van der Waals surface area contributed by atoms with Crippen LogP contribution in [-0.4, -0.2) is 42.0 Å². The molecule has 0 atom stereocenters. The van der Waals surface area contributed by atoms with Crippen LogP contribution in [0.15, 0.2) is 42.6 Å². The predicted octanol–water partition coefficient (Wildman–Crippen LogP) is 1.98. The molecular formula is C18H17FN4O. The molecule has 2 heterocycles. The number of rotatable bonds is 3. The molecule has 1 aromatic heterocycles. The van der Waals surface area contributed by atoms with Gasteiger partial charge in [-0.25, -0.2) is 9.37 Å². The molecule has 1 amide bonds. The van der Waals surface area contributed by atoms with Crippen molar-refractivity contribution >= 4 is 11.7 Å². The standard InChI is InChI=1S/C18H17FN4O/c19-16-6-2-1-4-14(16)12-17(24)22-8-10-23(11-9-22)18-15(13-20)5-3-7-21-18/h1-7H,8-12H2. The first-order valence-electron chi connectivity index (χ1n) is 7.80. The van der Waals surface area contributed by atoms with Crippen molar-refractivity contribution in [2.45, 2.75) is 6.42 Å².